The van der Waals surface area contributed by atoms with Gasteiger partial charge in [-0.1, -0.05) is 12.1 Å². The molecule has 1 N–H and O–H groups in total. The van der Waals surface area contributed by atoms with Gasteiger partial charge >= 0.3 is 0 Å². The molecule has 0 saturated heterocycles. The standard InChI is InChI=1S/C16H21N3O2/c1-4-20-12(3)13-6-8-14(9-7-13)19-16-17-10-15(11-18-16)21-5-2/h6-12H,4-5H2,1-3H3,(H,17,18,19)/t12-/m1/s1. The first-order valence-corrected chi connectivity index (χ1v) is 7.16. The first kappa shape index (κ1) is 15.3. The van der Waals surface area contributed by atoms with Crippen LogP contribution < -0.4 is 10.1 Å². The second-order valence-electron chi connectivity index (χ2n) is 4.52. The van der Waals surface area contributed by atoms with E-state index in [-0.39, 0.29) is 6.10 Å². The summed E-state index contributed by atoms with van der Waals surface area (Å²) in [5.74, 6) is 1.22. The minimum absolute atomic E-state index is 0.103. The first-order chi connectivity index (χ1) is 10.2. The molecule has 21 heavy (non-hydrogen) atoms. The Morgan fingerprint density at radius 1 is 1.05 bits per heavy atom. The highest BCUT2D eigenvalue weighted by atomic mass is 16.5. The van der Waals surface area contributed by atoms with Crippen molar-refractivity contribution >= 4 is 11.6 Å². The van der Waals surface area contributed by atoms with Crippen LogP contribution in [0.4, 0.5) is 11.6 Å². The number of ether oxygens (including phenoxy) is 2. The lowest BCUT2D eigenvalue weighted by Gasteiger charge is -2.12. The molecule has 1 heterocycles. The molecule has 1 aromatic carbocycles. The Bertz CT molecular complexity index is 540. The van der Waals surface area contributed by atoms with Gasteiger partial charge in [0, 0.05) is 12.3 Å². The molecule has 2 aromatic rings. The molecule has 112 valence electrons. The fourth-order valence-electron chi connectivity index (χ4n) is 1.93. The number of nitrogens with zero attached hydrogens (tertiary/aromatic N) is 2. The van der Waals surface area contributed by atoms with Crippen molar-refractivity contribution < 1.29 is 9.47 Å². The normalized spacial score (nSPS) is 12.0. The molecule has 0 aliphatic rings. The summed E-state index contributed by atoms with van der Waals surface area (Å²) in [5.41, 5.74) is 2.08. The highest BCUT2D eigenvalue weighted by Crippen LogP contribution is 2.20. The number of nitrogens with one attached hydrogen (secondary N) is 1. The molecule has 0 aliphatic heterocycles. The molecular formula is C16H21N3O2. The molecule has 5 heteroatoms. The average molecular weight is 287 g/mol. The molecule has 0 spiro atoms. The van der Waals surface area contributed by atoms with Gasteiger partial charge in [-0.15, -0.1) is 0 Å². The van der Waals surface area contributed by atoms with E-state index < -0.39 is 0 Å². The van der Waals surface area contributed by atoms with Gasteiger partial charge in [0.2, 0.25) is 5.95 Å². The van der Waals surface area contributed by atoms with Crippen molar-refractivity contribution in [2.75, 3.05) is 18.5 Å². The summed E-state index contributed by atoms with van der Waals surface area (Å²) in [7, 11) is 0. The summed E-state index contributed by atoms with van der Waals surface area (Å²) in [4.78, 5) is 8.42. The predicted molar refractivity (Wildman–Crippen MR) is 83.0 cm³/mol. The van der Waals surface area contributed by atoms with E-state index in [1.54, 1.807) is 12.4 Å². The van der Waals surface area contributed by atoms with Gasteiger partial charge in [0.25, 0.3) is 0 Å². The third-order valence-corrected chi connectivity index (χ3v) is 2.99. The molecule has 0 amide bonds. The molecular weight excluding hydrogens is 266 g/mol. The average Bonchev–Trinajstić information content (AvgIpc) is 2.50. The van der Waals surface area contributed by atoms with Gasteiger partial charge in [-0.3, -0.25) is 0 Å². The van der Waals surface area contributed by atoms with Crippen LogP contribution in [-0.4, -0.2) is 23.2 Å². The van der Waals surface area contributed by atoms with Crippen LogP contribution in [-0.2, 0) is 4.74 Å². The maximum Gasteiger partial charge on any atom is 0.227 e. The number of hydrogen-bond donors (Lipinski definition) is 1. The lowest BCUT2D eigenvalue weighted by Crippen LogP contribution is -2.01. The highest BCUT2D eigenvalue weighted by Gasteiger charge is 2.05. The zero-order chi connectivity index (χ0) is 15.1. The maximum atomic E-state index is 5.56. The van der Waals surface area contributed by atoms with Crippen LogP contribution >= 0.6 is 0 Å². The predicted octanol–water partition coefficient (Wildman–Crippen LogP) is 3.72. The molecule has 0 saturated carbocycles. The summed E-state index contributed by atoms with van der Waals surface area (Å²) < 4.78 is 10.9. The summed E-state index contributed by atoms with van der Waals surface area (Å²) in [6.45, 7) is 7.28. The van der Waals surface area contributed by atoms with E-state index in [0.29, 0.717) is 24.9 Å². The second-order valence-corrected chi connectivity index (χ2v) is 4.52. The van der Waals surface area contributed by atoms with Crippen molar-refractivity contribution in [2.24, 2.45) is 0 Å². The van der Waals surface area contributed by atoms with E-state index in [9.17, 15) is 0 Å². The van der Waals surface area contributed by atoms with E-state index in [4.69, 9.17) is 9.47 Å². The molecule has 0 aliphatic carbocycles. The Morgan fingerprint density at radius 3 is 2.29 bits per heavy atom. The molecule has 0 radical (unpaired) electrons. The van der Waals surface area contributed by atoms with Crippen LogP contribution in [0.2, 0.25) is 0 Å². The van der Waals surface area contributed by atoms with Crippen LogP contribution in [0.15, 0.2) is 36.7 Å². The molecule has 5 nitrogen and oxygen atoms in total. The number of hydrogen-bond acceptors (Lipinski definition) is 5. The van der Waals surface area contributed by atoms with Crippen LogP contribution in [0.1, 0.15) is 32.4 Å². The van der Waals surface area contributed by atoms with Crippen LogP contribution in [0, 0.1) is 0 Å². The minimum atomic E-state index is 0.103. The van der Waals surface area contributed by atoms with E-state index in [2.05, 4.69) is 15.3 Å². The van der Waals surface area contributed by atoms with Gasteiger partial charge in [-0.2, -0.15) is 0 Å². The molecule has 0 fully saturated rings. The van der Waals surface area contributed by atoms with E-state index in [1.807, 2.05) is 45.0 Å². The zero-order valence-electron chi connectivity index (χ0n) is 12.7. The van der Waals surface area contributed by atoms with E-state index in [1.165, 1.54) is 0 Å². The van der Waals surface area contributed by atoms with Crippen molar-refractivity contribution in [1.29, 1.82) is 0 Å². The number of anilines is 2. The van der Waals surface area contributed by atoms with Gasteiger partial charge in [0.15, 0.2) is 5.75 Å². The lowest BCUT2D eigenvalue weighted by molar-refractivity contribution is 0.0764. The van der Waals surface area contributed by atoms with E-state index in [0.717, 1.165) is 11.3 Å². The fourth-order valence-corrected chi connectivity index (χ4v) is 1.93. The lowest BCUT2D eigenvalue weighted by atomic mass is 10.1. The van der Waals surface area contributed by atoms with Crippen molar-refractivity contribution in [3.05, 3.63) is 42.2 Å². The Balaban J connectivity index is 1.99. The number of rotatable bonds is 7. The van der Waals surface area contributed by atoms with Gasteiger partial charge in [0.05, 0.1) is 25.1 Å². The van der Waals surface area contributed by atoms with E-state index >= 15 is 0 Å². The Labute approximate surface area is 125 Å². The number of aromatic nitrogens is 2. The minimum Gasteiger partial charge on any atom is -0.491 e. The first-order valence-electron chi connectivity index (χ1n) is 7.16. The van der Waals surface area contributed by atoms with Crippen LogP contribution in [0.25, 0.3) is 0 Å². The Hall–Kier alpha value is -2.14. The Kier molecular flexibility index (Phi) is 5.51. The number of benzene rings is 1. The summed E-state index contributed by atoms with van der Waals surface area (Å²) in [5, 5.41) is 3.15. The van der Waals surface area contributed by atoms with Crippen molar-refractivity contribution in [3.63, 3.8) is 0 Å². The molecule has 1 aromatic heterocycles. The maximum absolute atomic E-state index is 5.56. The molecule has 2 rings (SSSR count). The molecule has 0 unspecified atom stereocenters. The highest BCUT2D eigenvalue weighted by molar-refractivity contribution is 5.53. The summed E-state index contributed by atoms with van der Waals surface area (Å²) in [6.07, 6.45) is 3.42. The Morgan fingerprint density at radius 2 is 1.71 bits per heavy atom. The van der Waals surface area contributed by atoms with Crippen molar-refractivity contribution in [2.45, 2.75) is 26.9 Å². The second kappa shape index (κ2) is 7.59. The quantitative estimate of drug-likeness (QED) is 0.841. The van der Waals surface area contributed by atoms with Gasteiger partial charge < -0.3 is 14.8 Å². The zero-order valence-corrected chi connectivity index (χ0v) is 12.7. The fraction of sp³-hybridized carbons (Fsp3) is 0.375. The monoisotopic (exact) mass is 287 g/mol. The van der Waals surface area contributed by atoms with Gasteiger partial charge in [-0.05, 0) is 38.5 Å². The summed E-state index contributed by atoms with van der Waals surface area (Å²) in [6, 6.07) is 8.06. The summed E-state index contributed by atoms with van der Waals surface area (Å²) >= 11 is 0. The SMILES string of the molecule is CCOc1cnc(Nc2ccc([C@@H](C)OCC)cc2)nc1. The van der Waals surface area contributed by atoms with Crippen molar-refractivity contribution in [1.82, 2.24) is 9.97 Å². The smallest absolute Gasteiger partial charge is 0.227 e. The van der Waals surface area contributed by atoms with Crippen molar-refractivity contribution in [3.8, 4) is 5.75 Å². The van der Waals surface area contributed by atoms with Crippen LogP contribution in [0.5, 0.6) is 5.75 Å². The largest absolute Gasteiger partial charge is 0.491 e. The topological polar surface area (TPSA) is 56.3 Å². The molecule has 1 atom stereocenters. The third kappa shape index (κ3) is 4.43. The van der Waals surface area contributed by atoms with Crippen LogP contribution in [0.3, 0.4) is 0 Å². The van der Waals surface area contributed by atoms with Gasteiger partial charge in [-0.25, -0.2) is 9.97 Å². The third-order valence-electron chi connectivity index (χ3n) is 2.99. The van der Waals surface area contributed by atoms with Gasteiger partial charge in [0.1, 0.15) is 0 Å². The molecule has 0 bridgehead atoms.